The van der Waals surface area contributed by atoms with Gasteiger partial charge in [-0.1, -0.05) is 6.08 Å². The molecule has 0 saturated heterocycles. The fourth-order valence-corrected chi connectivity index (χ4v) is 3.35. The van der Waals surface area contributed by atoms with Crippen LogP contribution in [0.25, 0.3) is 0 Å². The normalized spacial score (nSPS) is 16.6. The second-order valence-corrected chi connectivity index (χ2v) is 6.67. The largest absolute Gasteiger partial charge is 0.465 e. The molecule has 1 aromatic rings. The Morgan fingerprint density at radius 1 is 0.897 bits per heavy atom. The van der Waals surface area contributed by atoms with Crippen molar-refractivity contribution < 1.29 is 28.6 Å². The molecule has 1 saturated carbocycles. The molecule has 1 fully saturated rings. The van der Waals surface area contributed by atoms with Gasteiger partial charge in [-0.3, -0.25) is 0 Å². The van der Waals surface area contributed by atoms with Crippen LogP contribution in [0.1, 0.15) is 36.0 Å². The number of hydrogen-bond donors (Lipinski definition) is 0. The van der Waals surface area contributed by atoms with Gasteiger partial charge in [-0.25, -0.2) is 14.4 Å². The first-order chi connectivity index (χ1) is 14.0. The smallest absolute Gasteiger partial charge is 0.355 e. The second-order valence-electron chi connectivity index (χ2n) is 6.67. The minimum atomic E-state index is -0.689. The van der Waals surface area contributed by atoms with Crippen molar-refractivity contribution in [2.24, 2.45) is 0 Å². The van der Waals surface area contributed by atoms with E-state index in [1.165, 1.54) is 25.2 Å². The Labute approximate surface area is 169 Å². The van der Waals surface area contributed by atoms with Crippen molar-refractivity contribution >= 4 is 23.6 Å². The van der Waals surface area contributed by atoms with Crippen molar-refractivity contribution in [1.82, 2.24) is 0 Å². The van der Waals surface area contributed by atoms with Gasteiger partial charge in [-0.05, 0) is 62.1 Å². The Hall–Kier alpha value is -3.35. The lowest BCUT2D eigenvalue weighted by molar-refractivity contribution is -0.139. The van der Waals surface area contributed by atoms with Gasteiger partial charge in [-0.15, -0.1) is 0 Å². The lowest BCUT2D eigenvalue weighted by atomic mass is 10.1. The van der Waals surface area contributed by atoms with Gasteiger partial charge >= 0.3 is 17.9 Å². The minimum absolute atomic E-state index is 0.0155. The first-order valence-electron chi connectivity index (χ1n) is 9.41. The molecule has 152 valence electrons. The number of anilines is 1. The number of methoxy groups -OCH3 is 2. The molecule has 0 N–H and O–H groups in total. The molecule has 1 aliphatic heterocycles. The molecule has 0 amide bonds. The Morgan fingerprint density at radius 3 is 2.17 bits per heavy atom. The Balaban J connectivity index is 1.89. The number of esters is 3. The van der Waals surface area contributed by atoms with E-state index in [9.17, 15) is 14.4 Å². The molecule has 2 aliphatic rings. The van der Waals surface area contributed by atoms with Crippen molar-refractivity contribution in [2.75, 3.05) is 19.1 Å². The number of hydrogen-bond acceptors (Lipinski definition) is 7. The molecule has 1 heterocycles. The van der Waals surface area contributed by atoms with E-state index in [0.29, 0.717) is 11.3 Å². The van der Waals surface area contributed by atoms with Gasteiger partial charge in [0.15, 0.2) is 0 Å². The molecule has 0 atom stereocenters. The molecule has 29 heavy (non-hydrogen) atoms. The van der Waals surface area contributed by atoms with Gasteiger partial charge in [0.2, 0.25) is 0 Å². The number of nitrogens with zero attached hydrogens (tertiary/aromatic N) is 1. The average molecular weight is 397 g/mol. The zero-order chi connectivity index (χ0) is 20.8. The molecule has 7 nitrogen and oxygen atoms in total. The molecule has 3 rings (SSSR count). The maximum absolute atomic E-state index is 12.4. The molecular formula is C22H23NO6. The third-order valence-electron chi connectivity index (χ3n) is 4.85. The first kappa shape index (κ1) is 20.4. The molecule has 0 unspecified atom stereocenters. The topological polar surface area (TPSA) is 82.1 Å². The SMILES string of the molecule is COC(=O)C1=C(C(=O)OC)N(c2ccc(C(=O)OC3CCCC3)cc2)C=CC=C1. The summed E-state index contributed by atoms with van der Waals surface area (Å²) in [5.74, 6) is -1.71. The number of carbonyl (C=O) groups is 3. The zero-order valence-corrected chi connectivity index (χ0v) is 16.4. The maximum atomic E-state index is 12.4. The number of allylic oxidation sites excluding steroid dienone is 2. The summed E-state index contributed by atoms with van der Waals surface area (Å²) in [5.41, 5.74) is 1.08. The van der Waals surface area contributed by atoms with E-state index in [0.717, 1.165) is 25.7 Å². The molecule has 0 aromatic heterocycles. The molecule has 1 aliphatic carbocycles. The summed E-state index contributed by atoms with van der Waals surface area (Å²) >= 11 is 0. The van der Waals surface area contributed by atoms with Crippen molar-refractivity contribution in [1.29, 1.82) is 0 Å². The van der Waals surface area contributed by atoms with E-state index in [4.69, 9.17) is 14.2 Å². The molecule has 7 heteroatoms. The number of carbonyl (C=O) groups excluding carboxylic acids is 3. The summed E-state index contributed by atoms with van der Waals surface area (Å²) in [6.45, 7) is 0. The van der Waals surface area contributed by atoms with E-state index < -0.39 is 11.9 Å². The second kappa shape index (κ2) is 9.23. The average Bonchev–Trinajstić information content (AvgIpc) is 3.16. The van der Waals surface area contributed by atoms with Gasteiger partial charge in [-0.2, -0.15) is 0 Å². The van der Waals surface area contributed by atoms with Crippen molar-refractivity contribution in [3.05, 3.63) is 65.5 Å². The number of benzene rings is 1. The zero-order valence-electron chi connectivity index (χ0n) is 16.4. The van der Waals surface area contributed by atoms with Crippen LogP contribution in [0.2, 0.25) is 0 Å². The monoisotopic (exact) mass is 397 g/mol. The van der Waals surface area contributed by atoms with Crippen LogP contribution in [0.5, 0.6) is 0 Å². The molecule has 0 spiro atoms. The van der Waals surface area contributed by atoms with Gasteiger partial charge < -0.3 is 19.1 Å². The Morgan fingerprint density at radius 2 is 1.55 bits per heavy atom. The van der Waals surface area contributed by atoms with Crippen molar-refractivity contribution in [3.8, 4) is 0 Å². The highest BCUT2D eigenvalue weighted by Crippen LogP contribution is 2.27. The van der Waals surface area contributed by atoms with E-state index in [1.54, 1.807) is 42.6 Å². The third kappa shape index (κ3) is 4.56. The van der Waals surface area contributed by atoms with Gasteiger partial charge in [0.25, 0.3) is 0 Å². The molecule has 1 aromatic carbocycles. The van der Waals surface area contributed by atoms with E-state index in [2.05, 4.69) is 0 Å². The van der Waals surface area contributed by atoms with Crippen LogP contribution in [-0.2, 0) is 23.8 Å². The van der Waals surface area contributed by atoms with Gasteiger partial charge in [0.05, 0.1) is 25.4 Å². The summed E-state index contributed by atoms with van der Waals surface area (Å²) < 4.78 is 15.2. The first-order valence-corrected chi connectivity index (χ1v) is 9.41. The highest BCUT2D eigenvalue weighted by Gasteiger charge is 2.27. The van der Waals surface area contributed by atoms with Crippen LogP contribution < -0.4 is 4.90 Å². The number of ether oxygens (including phenoxy) is 3. The Bertz CT molecular complexity index is 875. The van der Waals surface area contributed by atoms with E-state index in [-0.39, 0.29) is 23.3 Å². The van der Waals surface area contributed by atoms with E-state index in [1.807, 2.05) is 0 Å². The molecule has 0 bridgehead atoms. The van der Waals surface area contributed by atoms with Crippen LogP contribution in [0, 0.1) is 0 Å². The van der Waals surface area contributed by atoms with Crippen molar-refractivity contribution in [3.63, 3.8) is 0 Å². The lowest BCUT2D eigenvalue weighted by Crippen LogP contribution is -2.27. The van der Waals surface area contributed by atoms with Gasteiger partial charge in [0, 0.05) is 11.9 Å². The highest BCUT2D eigenvalue weighted by molar-refractivity contribution is 6.05. The van der Waals surface area contributed by atoms with Crippen LogP contribution in [-0.4, -0.2) is 38.2 Å². The quantitative estimate of drug-likeness (QED) is 0.557. The van der Waals surface area contributed by atoms with Crippen LogP contribution >= 0.6 is 0 Å². The fourth-order valence-electron chi connectivity index (χ4n) is 3.35. The summed E-state index contributed by atoms with van der Waals surface area (Å²) in [7, 11) is 2.48. The summed E-state index contributed by atoms with van der Waals surface area (Å²) in [4.78, 5) is 38.5. The van der Waals surface area contributed by atoms with Crippen LogP contribution in [0.4, 0.5) is 5.69 Å². The molecular weight excluding hydrogens is 374 g/mol. The van der Waals surface area contributed by atoms with Gasteiger partial charge in [0.1, 0.15) is 11.8 Å². The van der Waals surface area contributed by atoms with Crippen LogP contribution in [0.3, 0.4) is 0 Å². The predicted octanol–water partition coefficient (Wildman–Crippen LogP) is 3.28. The summed E-state index contributed by atoms with van der Waals surface area (Å²) in [6.07, 6.45) is 10.4. The fraction of sp³-hybridized carbons (Fsp3) is 0.318. The minimum Gasteiger partial charge on any atom is -0.465 e. The van der Waals surface area contributed by atoms with E-state index >= 15 is 0 Å². The summed E-state index contributed by atoms with van der Waals surface area (Å²) in [5, 5.41) is 0. The van der Waals surface area contributed by atoms with Crippen molar-refractivity contribution in [2.45, 2.75) is 31.8 Å². The molecule has 0 radical (unpaired) electrons. The Kier molecular flexibility index (Phi) is 6.49. The van der Waals surface area contributed by atoms with Crippen LogP contribution in [0.15, 0.2) is 60.0 Å². The predicted molar refractivity (Wildman–Crippen MR) is 106 cm³/mol. The number of rotatable bonds is 5. The highest BCUT2D eigenvalue weighted by atomic mass is 16.5. The lowest BCUT2D eigenvalue weighted by Gasteiger charge is -2.23. The standard InChI is InChI=1S/C22H23NO6/c1-27-21(25)18-9-5-6-14-23(19(18)22(26)28-2)16-12-10-15(11-13-16)20(24)29-17-7-3-4-8-17/h5-6,9-14,17H,3-4,7-8H2,1-2H3. The summed E-state index contributed by atoms with van der Waals surface area (Å²) in [6, 6.07) is 6.62. The third-order valence-corrected chi connectivity index (χ3v) is 4.85. The maximum Gasteiger partial charge on any atom is 0.355 e.